The number of ether oxygens (including phenoxy) is 2. The third-order valence-corrected chi connectivity index (χ3v) is 18.2. The lowest BCUT2D eigenvalue weighted by molar-refractivity contribution is -0.127. The Kier molecular flexibility index (Phi) is 42.9. The van der Waals surface area contributed by atoms with E-state index >= 15 is 0 Å². The van der Waals surface area contributed by atoms with Crippen LogP contribution in [-0.2, 0) is 38.7 Å². The molecule has 106 heavy (non-hydrogen) atoms. The van der Waals surface area contributed by atoms with E-state index in [0.717, 1.165) is 183 Å². The molecule has 3 aromatic heterocycles. The quantitative estimate of drug-likeness (QED) is 0.00975. The highest BCUT2D eigenvalue weighted by Gasteiger charge is 2.24. The molecule has 2 fully saturated rings. The number of hydrogen-bond donors (Lipinski definition) is 11. The van der Waals surface area contributed by atoms with Crippen LogP contribution >= 0.6 is 0 Å². The van der Waals surface area contributed by atoms with E-state index in [-0.39, 0.29) is 30.2 Å². The van der Waals surface area contributed by atoms with E-state index in [1.807, 2.05) is 20.9 Å². The molecule has 0 radical (unpaired) electrons. The molecule has 34 heteroatoms. The third-order valence-electron chi connectivity index (χ3n) is 16.8. The fourth-order valence-electron chi connectivity index (χ4n) is 10.8. The Bertz CT molecular complexity index is 3610. The zero-order valence-corrected chi connectivity index (χ0v) is 64.4. The van der Waals surface area contributed by atoms with Crippen LogP contribution in [0.5, 0.6) is 0 Å². The average Bonchev–Trinajstić information content (AvgIpc) is 1.41. The molecule has 2 aliphatic rings. The van der Waals surface area contributed by atoms with Crippen LogP contribution in [0, 0.1) is 0 Å². The number of carbonyl (C=O) groups excluding carboxylic acids is 4. The number of imidazole rings is 1. The van der Waals surface area contributed by atoms with Gasteiger partial charge in [-0.3, -0.25) is 29.0 Å². The van der Waals surface area contributed by atoms with Crippen molar-refractivity contribution in [1.29, 1.82) is 0 Å². The van der Waals surface area contributed by atoms with Crippen molar-refractivity contribution in [3.63, 3.8) is 0 Å². The molecule has 0 bridgehead atoms. The van der Waals surface area contributed by atoms with Crippen molar-refractivity contribution in [3.8, 4) is 0 Å². The Morgan fingerprint density at radius 3 is 1.42 bits per heavy atom. The van der Waals surface area contributed by atoms with Gasteiger partial charge in [0.1, 0.15) is 5.78 Å². The largest absolute Gasteiger partial charge is 0.379 e. The number of benzene rings is 3. The standard InChI is InChI=1S/C34H49N13O3.C18H34N8O2.C17H27N3O4S.C2H6.CH4/c1-6-46(7-2)20-10-18-35-31-41-32(36-19-11-21-47(8-3)9-4)43-33(42-31)38-24-12-14-25(15-13-24)44-45-29(23(5)48)30(49)37-26-16-17-27-28(22-26)40-34(50)39-27;1-19-16-22-17(20-4-2-6-25-8-12-27-13-9-25)24-18(23-16)21-5-3-7-26-10-14-28-15-11-26;1-4-20(5-2)12-6-11-18-25(23,24)16-9-7-15(8-10-16)19-17(22)13-14(3)21;1-2;/h12-17,22,29H,6-11,18-21H2,1-5H3,(H,37,49)(H2,39,40,50)(H3,35,36,38,41,42,43);2-15H2,1H3,(H3,19,20,21,22,23,24);7-10,18H,4-6,11-13H2,1-3H3,(H,19,22);1-2H3;1H4. The summed E-state index contributed by atoms with van der Waals surface area (Å²) in [6.07, 6.45) is 4.53. The minimum atomic E-state index is -3.57. The Morgan fingerprint density at radius 2 is 0.972 bits per heavy atom. The van der Waals surface area contributed by atoms with Gasteiger partial charge in [0.15, 0.2) is 5.78 Å². The van der Waals surface area contributed by atoms with Crippen LogP contribution in [0.3, 0.4) is 0 Å². The van der Waals surface area contributed by atoms with Crippen LogP contribution < -0.4 is 52.9 Å². The van der Waals surface area contributed by atoms with Gasteiger partial charge < -0.3 is 76.7 Å². The summed E-state index contributed by atoms with van der Waals surface area (Å²) in [5.41, 5.74) is 2.77. The number of Topliss-reactive ketones (excluding diaryl/α,β-unsaturated/α-hetero) is 2. The molecular weight excluding hydrogens is 1380 g/mol. The number of azo groups is 1. The van der Waals surface area contributed by atoms with Crippen molar-refractivity contribution in [3.05, 3.63) is 77.2 Å². The summed E-state index contributed by atoms with van der Waals surface area (Å²) in [5, 5.41) is 33.0. The van der Waals surface area contributed by atoms with Crippen LogP contribution in [0.4, 0.5) is 58.4 Å². The zero-order chi connectivity index (χ0) is 76.2. The van der Waals surface area contributed by atoms with Crippen molar-refractivity contribution in [2.45, 2.75) is 126 Å². The number of sulfonamides is 1. The first-order chi connectivity index (χ1) is 50.8. The number of amides is 2. The number of aromatic nitrogens is 8. The Labute approximate surface area is 626 Å². The lowest BCUT2D eigenvalue weighted by Gasteiger charge is -2.26. The summed E-state index contributed by atoms with van der Waals surface area (Å²) in [5.74, 6) is 1.37. The van der Waals surface area contributed by atoms with Crippen LogP contribution in [0.1, 0.15) is 115 Å². The number of H-pyrrole nitrogens is 2. The van der Waals surface area contributed by atoms with Crippen molar-refractivity contribution in [2.24, 2.45) is 10.2 Å². The molecule has 11 N–H and O–H groups in total. The summed E-state index contributed by atoms with van der Waals surface area (Å²) < 4.78 is 37.8. The number of anilines is 9. The van der Waals surface area contributed by atoms with Crippen molar-refractivity contribution < 1.29 is 37.1 Å². The fraction of sp³-hybridized carbons (Fsp3) is 0.597. The van der Waals surface area contributed by atoms with Crippen molar-refractivity contribution >= 4 is 103 Å². The zero-order valence-electron chi connectivity index (χ0n) is 63.5. The molecule has 3 aromatic carbocycles. The summed E-state index contributed by atoms with van der Waals surface area (Å²) >= 11 is 0. The van der Waals surface area contributed by atoms with Gasteiger partial charge >= 0.3 is 5.69 Å². The number of fused-ring (bicyclic) bond motifs is 1. The van der Waals surface area contributed by atoms with Gasteiger partial charge in [-0.05, 0) is 185 Å². The molecule has 33 nitrogen and oxygen atoms in total. The Hall–Kier alpha value is -8.74. The van der Waals surface area contributed by atoms with Gasteiger partial charge in [0, 0.05) is 83.0 Å². The number of nitrogens with zero attached hydrogens (tertiary/aromatic N) is 13. The number of hydrogen-bond acceptors (Lipinski definition) is 28. The van der Waals surface area contributed by atoms with Gasteiger partial charge in [0.05, 0.1) is 54.5 Å². The van der Waals surface area contributed by atoms with Gasteiger partial charge in [0.25, 0.3) is 5.91 Å². The molecule has 0 saturated carbocycles. The van der Waals surface area contributed by atoms with E-state index in [4.69, 9.17) is 9.47 Å². The predicted molar refractivity (Wildman–Crippen MR) is 424 cm³/mol. The molecule has 0 spiro atoms. The van der Waals surface area contributed by atoms with Crippen molar-refractivity contribution in [2.75, 3.05) is 207 Å². The van der Waals surface area contributed by atoms with Gasteiger partial charge in [-0.15, -0.1) is 0 Å². The molecule has 0 aliphatic carbocycles. The van der Waals surface area contributed by atoms with Crippen LogP contribution in [-0.4, -0.2) is 267 Å². The Balaban J connectivity index is 0.000000360. The Morgan fingerprint density at radius 1 is 0.547 bits per heavy atom. The smallest absolute Gasteiger partial charge is 0.323 e. The van der Waals surface area contributed by atoms with E-state index in [9.17, 15) is 32.4 Å². The normalized spacial score (nSPS) is 13.5. The summed E-state index contributed by atoms with van der Waals surface area (Å²) in [7, 11) is -1.75. The first-order valence-electron chi connectivity index (χ1n) is 37.0. The number of aromatic amines is 2. The minimum absolute atomic E-state index is 0. The van der Waals surface area contributed by atoms with E-state index in [1.54, 1.807) is 42.5 Å². The SMILES string of the molecule is C.CC.CCN(CC)CCCNS(=O)(=O)c1ccc(NC(=O)CC(C)=O)cc1.CCN(CC)CCCNc1nc(NCCCN(CC)CC)nc(Nc2ccc(N=NC(C(C)=O)C(=O)Nc3ccc4[nH]c(=O)[nH]c4c3)cc2)n1.CNc1nc(NCCCN2CCOCC2)nc(NCCCN2CCOCC2)n1. The second-order valence-corrected chi connectivity index (χ2v) is 26.2. The van der Waals surface area contributed by atoms with Gasteiger partial charge in [-0.25, -0.2) is 17.9 Å². The maximum absolute atomic E-state index is 12.9. The third kappa shape index (κ3) is 34.2. The van der Waals surface area contributed by atoms with Gasteiger partial charge in [-0.1, -0.05) is 62.8 Å². The van der Waals surface area contributed by atoms with Crippen LogP contribution in [0.25, 0.3) is 11.0 Å². The van der Waals surface area contributed by atoms with E-state index in [0.29, 0.717) is 76.0 Å². The van der Waals surface area contributed by atoms with Crippen LogP contribution in [0.15, 0.2) is 86.6 Å². The predicted octanol–water partition coefficient (Wildman–Crippen LogP) is 8.21. The second kappa shape index (κ2) is 50.7. The number of carbonyl (C=O) groups is 4. The highest BCUT2D eigenvalue weighted by atomic mass is 32.2. The fourth-order valence-corrected chi connectivity index (χ4v) is 11.8. The molecule has 6 aromatic rings. The monoisotopic (exact) mass is 1500 g/mol. The average molecular weight is 1500 g/mol. The lowest BCUT2D eigenvalue weighted by atomic mass is 10.2. The summed E-state index contributed by atoms with van der Waals surface area (Å²) in [4.78, 5) is 103. The topological polar surface area (TPSA) is 396 Å². The van der Waals surface area contributed by atoms with E-state index in [2.05, 4.69) is 163 Å². The van der Waals surface area contributed by atoms with E-state index < -0.39 is 33.7 Å². The second-order valence-electron chi connectivity index (χ2n) is 24.4. The van der Waals surface area contributed by atoms with Crippen LogP contribution in [0.2, 0.25) is 0 Å². The molecular formula is C72H120N24O9S. The summed E-state index contributed by atoms with van der Waals surface area (Å²) in [6, 6.07) is 16.3. The molecule has 5 heterocycles. The van der Waals surface area contributed by atoms with Crippen molar-refractivity contribution in [1.82, 2.24) is 69.1 Å². The molecule has 2 aliphatic heterocycles. The number of nitrogens with one attached hydrogen (secondary N) is 11. The lowest BCUT2D eigenvalue weighted by Crippen LogP contribution is -2.37. The van der Waals surface area contributed by atoms with Gasteiger partial charge in [-0.2, -0.15) is 40.1 Å². The van der Waals surface area contributed by atoms with Gasteiger partial charge in [0.2, 0.25) is 57.7 Å². The summed E-state index contributed by atoms with van der Waals surface area (Å²) in [6.45, 7) is 41.2. The highest BCUT2D eigenvalue weighted by Crippen LogP contribution is 2.23. The molecule has 588 valence electrons. The maximum Gasteiger partial charge on any atom is 0.323 e. The maximum atomic E-state index is 12.9. The highest BCUT2D eigenvalue weighted by molar-refractivity contribution is 7.89. The molecule has 8 rings (SSSR count). The molecule has 1 unspecified atom stereocenters. The molecule has 1 atom stereocenters. The molecule has 2 saturated heterocycles. The number of rotatable bonds is 43. The number of ketones is 2. The number of morpholine rings is 2. The van der Waals surface area contributed by atoms with E-state index in [1.165, 1.54) is 38.1 Å². The first-order valence-corrected chi connectivity index (χ1v) is 38.4. The first kappa shape index (κ1) is 89.7. The molecule has 2 amide bonds. The minimum Gasteiger partial charge on any atom is -0.379 e.